The lowest BCUT2D eigenvalue weighted by molar-refractivity contribution is 0.234. The van der Waals surface area contributed by atoms with E-state index in [0.29, 0.717) is 12.5 Å². The van der Waals surface area contributed by atoms with Gasteiger partial charge in [0.1, 0.15) is 0 Å². The summed E-state index contributed by atoms with van der Waals surface area (Å²) in [5.74, 6) is 0.416. The number of nitrogens with one attached hydrogen (secondary N) is 2. The van der Waals surface area contributed by atoms with Crippen LogP contribution in [0.2, 0.25) is 0 Å². The minimum Gasteiger partial charge on any atom is -0.335 e. The van der Waals surface area contributed by atoms with E-state index in [-0.39, 0.29) is 12.1 Å². The normalized spacial score (nSPS) is 12.2. The number of carbonyl (C=O) groups excluding carboxylic acids is 1. The predicted octanol–water partition coefficient (Wildman–Crippen LogP) is 2.72. The molecule has 0 bridgehead atoms. The van der Waals surface area contributed by atoms with E-state index in [4.69, 9.17) is 0 Å². The van der Waals surface area contributed by atoms with E-state index >= 15 is 0 Å². The number of amides is 2. The van der Waals surface area contributed by atoms with Crippen molar-refractivity contribution in [3.63, 3.8) is 0 Å². The van der Waals surface area contributed by atoms with Crippen molar-refractivity contribution in [3.05, 3.63) is 48.3 Å². The summed E-state index contributed by atoms with van der Waals surface area (Å²) in [6.07, 6.45) is 3.63. The summed E-state index contributed by atoms with van der Waals surface area (Å²) >= 11 is 0. The van der Waals surface area contributed by atoms with Crippen molar-refractivity contribution in [3.8, 4) is 5.69 Å². The number of carbonyl (C=O) groups is 1. The van der Waals surface area contributed by atoms with Crippen molar-refractivity contribution in [1.82, 2.24) is 20.4 Å². The van der Waals surface area contributed by atoms with E-state index in [1.807, 2.05) is 43.5 Å². The average Bonchev–Trinajstić information content (AvgIpc) is 2.99. The van der Waals surface area contributed by atoms with Crippen LogP contribution in [0.15, 0.2) is 42.7 Å². The first-order valence-corrected chi connectivity index (χ1v) is 7.19. The van der Waals surface area contributed by atoms with Crippen LogP contribution in [-0.4, -0.2) is 21.9 Å². The molecule has 1 heterocycles. The summed E-state index contributed by atoms with van der Waals surface area (Å²) in [4.78, 5) is 11.8. The Labute approximate surface area is 125 Å². The lowest BCUT2D eigenvalue weighted by atomic mass is 10.1. The number of aromatic nitrogens is 2. The lowest BCUT2D eigenvalue weighted by Crippen LogP contribution is -2.42. The van der Waals surface area contributed by atoms with Crippen molar-refractivity contribution < 1.29 is 4.79 Å². The van der Waals surface area contributed by atoms with Crippen molar-refractivity contribution >= 4 is 6.03 Å². The molecule has 1 aromatic heterocycles. The largest absolute Gasteiger partial charge is 0.335 e. The number of rotatable bonds is 5. The van der Waals surface area contributed by atoms with Crippen LogP contribution in [-0.2, 0) is 6.54 Å². The zero-order valence-corrected chi connectivity index (χ0v) is 12.7. The lowest BCUT2D eigenvalue weighted by Gasteiger charge is -2.17. The van der Waals surface area contributed by atoms with E-state index in [2.05, 4.69) is 29.6 Å². The zero-order valence-electron chi connectivity index (χ0n) is 12.7. The van der Waals surface area contributed by atoms with Gasteiger partial charge < -0.3 is 10.6 Å². The third kappa shape index (κ3) is 4.34. The van der Waals surface area contributed by atoms with Crippen molar-refractivity contribution in [2.24, 2.45) is 5.92 Å². The molecule has 0 aliphatic heterocycles. The first-order valence-electron chi connectivity index (χ1n) is 7.19. The molecule has 2 N–H and O–H groups in total. The number of hydrogen-bond donors (Lipinski definition) is 2. The average molecular weight is 286 g/mol. The van der Waals surface area contributed by atoms with Gasteiger partial charge in [0.15, 0.2) is 0 Å². The van der Waals surface area contributed by atoms with E-state index < -0.39 is 0 Å². The van der Waals surface area contributed by atoms with Crippen LogP contribution >= 0.6 is 0 Å². The van der Waals surface area contributed by atoms with E-state index in [1.165, 1.54) is 0 Å². The van der Waals surface area contributed by atoms with Crippen LogP contribution in [0.4, 0.5) is 4.79 Å². The molecule has 0 spiro atoms. The van der Waals surface area contributed by atoms with Crippen molar-refractivity contribution in [2.75, 3.05) is 0 Å². The second-order valence-corrected chi connectivity index (χ2v) is 5.48. The van der Waals surface area contributed by atoms with Gasteiger partial charge >= 0.3 is 6.03 Å². The molecule has 112 valence electrons. The van der Waals surface area contributed by atoms with Gasteiger partial charge in [-0.3, -0.25) is 0 Å². The summed E-state index contributed by atoms with van der Waals surface area (Å²) in [7, 11) is 0. The number of urea groups is 1. The Kier molecular flexibility index (Phi) is 4.98. The summed E-state index contributed by atoms with van der Waals surface area (Å²) in [5.41, 5.74) is 2.02. The van der Waals surface area contributed by atoms with Crippen LogP contribution in [0.3, 0.4) is 0 Å². The molecule has 2 aromatic rings. The number of nitrogens with zero attached hydrogens (tertiary/aromatic N) is 2. The number of benzene rings is 1. The van der Waals surface area contributed by atoms with Gasteiger partial charge in [0.2, 0.25) is 0 Å². The van der Waals surface area contributed by atoms with Gasteiger partial charge in [0.05, 0.1) is 5.69 Å². The third-order valence-electron chi connectivity index (χ3n) is 3.49. The van der Waals surface area contributed by atoms with Crippen LogP contribution in [0, 0.1) is 5.92 Å². The SMILES string of the molecule is CC(C)C(C)NC(=O)NCc1cccc(-n2cccn2)c1. The summed E-state index contributed by atoms with van der Waals surface area (Å²) in [5, 5.41) is 10.0. The Morgan fingerprint density at radius 3 is 2.76 bits per heavy atom. The highest BCUT2D eigenvalue weighted by Crippen LogP contribution is 2.09. The van der Waals surface area contributed by atoms with Crippen molar-refractivity contribution in [2.45, 2.75) is 33.4 Å². The fourth-order valence-corrected chi connectivity index (χ4v) is 1.84. The maximum absolute atomic E-state index is 11.8. The molecule has 2 rings (SSSR count). The Morgan fingerprint density at radius 1 is 1.29 bits per heavy atom. The molecular formula is C16H22N4O. The number of hydrogen-bond acceptors (Lipinski definition) is 2. The molecule has 0 saturated carbocycles. The van der Waals surface area contributed by atoms with Gasteiger partial charge in [-0.25, -0.2) is 9.48 Å². The van der Waals surface area contributed by atoms with Gasteiger partial charge in [-0.2, -0.15) is 5.10 Å². The molecule has 21 heavy (non-hydrogen) atoms. The molecule has 0 fully saturated rings. The van der Waals surface area contributed by atoms with Gasteiger partial charge in [-0.15, -0.1) is 0 Å². The van der Waals surface area contributed by atoms with E-state index in [1.54, 1.807) is 10.9 Å². The Balaban J connectivity index is 1.92. The molecule has 0 aliphatic rings. The molecule has 1 atom stereocenters. The maximum atomic E-state index is 11.8. The Morgan fingerprint density at radius 2 is 2.10 bits per heavy atom. The van der Waals surface area contributed by atoms with Gasteiger partial charge in [0.25, 0.3) is 0 Å². The van der Waals surface area contributed by atoms with Gasteiger partial charge in [0, 0.05) is 25.0 Å². The summed E-state index contributed by atoms with van der Waals surface area (Å²) in [6, 6.07) is 9.84. The fraction of sp³-hybridized carbons (Fsp3) is 0.375. The highest BCUT2D eigenvalue weighted by molar-refractivity contribution is 5.74. The molecule has 0 aliphatic carbocycles. The van der Waals surface area contributed by atoms with Gasteiger partial charge in [-0.05, 0) is 36.6 Å². The highest BCUT2D eigenvalue weighted by Gasteiger charge is 2.10. The summed E-state index contributed by atoms with van der Waals surface area (Å²) in [6.45, 7) is 6.66. The second-order valence-electron chi connectivity index (χ2n) is 5.48. The maximum Gasteiger partial charge on any atom is 0.315 e. The monoisotopic (exact) mass is 286 g/mol. The zero-order chi connectivity index (χ0) is 15.2. The molecule has 0 saturated heterocycles. The predicted molar refractivity (Wildman–Crippen MR) is 83.2 cm³/mol. The first kappa shape index (κ1) is 15.1. The minimum atomic E-state index is -0.138. The Hall–Kier alpha value is -2.30. The molecule has 5 nitrogen and oxygen atoms in total. The topological polar surface area (TPSA) is 59.0 Å². The molecule has 2 amide bonds. The highest BCUT2D eigenvalue weighted by atomic mass is 16.2. The van der Waals surface area contributed by atoms with Crippen LogP contribution in [0.1, 0.15) is 26.3 Å². The van der Waals surface area contributed by atoms with Gasteiger partial charge in [-0.1, -0.05) is 26.0 Å². The van der Waals surface area contributed by atoms with Crippen LogP contribution in [0.5, 0.6) is 0 Å². The fourth-order valence-electron chi connectivity index (χ4n) is 1.84. The molecule has 1 aromatic carbocycles. The van der Waals surface area contributed by atoms with Crippen molar-refractivity contribution in [1.29, 1.82) is 0 Å². The second kappa shape index (κ2) is 6.92. The van der Waals surface area contributed by atoms with Crippen LogP contribution in [0.25, 0.3) is 5.69 Å². The first-order chi connectivity index (χ1) is 10.1. The van der Waals surface area contributed by atoms with E-state index in [9.17, 15) is 4.79 Å². The molecule has 5 heteroatoms. The minimum absolute atomic E-state index is 0.138. The molecule has 1 unspecified atom stereocenters. The quantitative estimate of drug-likeness (QED) is 0.888. The Bertz CT molecular complexity index is 578. The smallest absolute Gasteiger partial charge is 0.315 e. The van der Waals surface area contributed by atoms with Crippen LogP contribution < -0.4 is 10.6 Å². The molecule has 0 radical (unpaired) electrons. The standard InChI is InChI=1S/C16H22N4O/c1-12(2)13(3)19-16(21)17-11-14-6-4-7-15(10-14)20-9-5-8-18-20/h4-10,12-13H,11H2,1-3H3,(H2,17,19,21). The van der Waals surface area contributed by atoms with E-state index in [0.717, 1.165) is 11.3 Å². The molecular weight excluding hydrogens is 264 g/mol. The summed E-state index contributed by atoms with van der Waals surface area (Å²) < 4.78 is 1.80. The third-order valence-corrected chi connectivity index (χ3v) is 3.49.